The van der Waals surface area contributed by atoms with Crippen LogP contribution in [0.5, 0.6) is 5.75 Å². The second kappa shape index (κ2) is 7.49. The van der Waals surface area contributed by atoms with Crippen molar-refractivity contribution < 1.29 is 14.3 Å². The maximum Gasteiger partial charge on any atom is 0.264 e. The zero-order chi connectivity index (χ0) is 16.9. The Kier molecular flexibility index (Phi) is 5.15. The molecular formula is C18H20N2O3S. The fourth-order valence-corrected chi connectivity index (χ4v) is 3.53. The van der Waals surface area contributed by atoms with Crippen LogP contribution in [0, 0.1) is 0 Å². The number of carbonyl (C=O) groups excluding carboxylic acids is 2. The minimum atomic E-state index is -0.411. The van der Waals surface area contributed by atoms with Gasteiger partial charge in [-0.25, -0.2) is 0 Å². The van der Waals surface area contributed by atoms with E-state index in [2.05, 4.69) is 5.32 Å². The first-order chi connectivity index (χ1) is 11.7. The van der Waals surface area contributed by atoms with Crippen molar-refractivity contribution in [1.29, 1.82) is 0 Å². The third-order valence-electron chi connectivity index (χ3n) is 3.98. The van der Waals surface area contributed by atoms with E-state index in [1.165, 1.54) is 11.3 Å². The number of benzene rings is 1. The van der Waals surface area contributed by atoms with Crippen molar-refractivity contribution in [2.45, 2.75) is 25.8 Å². The van der Waals surface area contributed by atoms with Crippen LogP contribution in [0.4, 0.5) is 5.69 Å². The normalized spacial score (nSPS) is 16.9. The summed E-state index contributed by atoms with van der Waals surface area (Å²) in [5, 5.41) is 4.77. The molecule has 1 aromatic carbocycles. The number of likely N-dealkylation sites (tertiary alicyclic amines) is 1. The average Bonchev–Trinajstić information content (AvgIpc) is 3.28. The van der Waals surface area contributed by atoms with E-state index in [1.54, 1.807) is 11.0 Å². The van der Waals surface area contributed by atoms with Gasteiger partial charge in [0.2, 0.25) is 5.91 Å². The first kappa shape index (κ1) is 16.5. The molecule has 24 heavy (non-hydrogen) atoms. The van der Waals surface area contributed by atoms with Crippen LogP contribution in [-0.2, 0) is 4.79 Å². The number of amides is 2. The summed E-state index contributed by atoms with van der Waals surface area (Å²) in [7, 11) is 0. The van der Waals surface area contributed by atoms with Crippen LogP contribution >= 0.6 is 11.3 Å². The monoisotopic (exact) mass is 344 g/mol. The first-order valence-electron chi connectivity index (χ1n) is 8.07. The SMILES string of the molecule is CCOc1ccc(NC(=O)[C@@H]2CCCN2C(=O)c2cccs2)cc1. The number of ether oxygens (including phenoxy) is 1. The van der Waals surface area contributed by atoms with Crippen LogP contribution in [0.25, 0.3) is 0 Å². The molecule has 0 unspecified atom stereocenters. The fraction of sp³-hybridized carbons (Fsp3) is 0.333. The number of nitrogens with zero attached hydrogens (tertiary/aromatic N) is 1. The van der Waals surface area contributed by atoms with Gasteiger partial charge in [-0.2, -0.15) is 0 Å². The molecule has 0 spiro atoms. The maximum absolute atomic E-state index is 12.6. The summed E-state index contributed by atoms with van der Waals surface area (Å²) in [6, 6.07) is 10.5. The van der Waals surface area contributed by atoms with Crippen LogP contribution in [0.2, 0.25) is 0 Å². The zero-order valence-corrected chi connectivity index (χ0v) is 14.3. The van der Waals surface area contributed by atoms with Crippen molar-refractivity contribution in [2.75, 3.05) is 18.5 Å². The molecule has 1 aromatic heterocycles. The Morgan fingerprint density at radius 3 is 2.75 bits per heavy atom. The Balaban J connectivity index is 1.66. The fourth-order valence-electron chi connectivity index (χ4n) is 2.85. The Morgan fingerprint density at radius 1 is 1.29 bits per heavy atom. The standard InChI is InChI=1S/C18H20N2O3S/c1-2-23-14-9-7-13(8-10-14)19-17(21)15-5-3-11-20(15)18(22)16-6-4-12-24-16/h4,6-10,12,15H,2-3,5,11H2,1H3,(H,19,21)/t15-/m0/s1. The highest BCUT2D eigenvalue weighted by atomic mass is 32.1. The van der Waals surface area contributed by atoms with Crippen LogP contribution in [0.1, 0.15) is 29.4 Å². The molecule has 2 amide bonds. The lowest BCUT2D eigenvalue weighted by molar-refractivity contribution is -0.119. The lowest BCUT2D eigenvalue weighted by Gasteiger charge is -2.23. The predicted octanol–water partition coefficient (Wildman–Crippen LogP) is 3.39. The lowest BCUT2D eigenvalue weighted by atomic mass is 10.2. The molecule has 5 nitrogen and oxygen atoms in total. The smallest absolute Gasteiger partial charge is 0.264 e. The number of anilines is 1. The van der Waals surface area contributed by atoms with Crippen molar-refractivity contribution >= 4 is 28.8 Å². The van der Waals surface area contributed by atoms with E-state index in [0.717, 1.165) is 12.2 Å². The summed E-state index contributed by atoms with van der Waals surface area (Å²) in [5.41, 5.74) is 0.707. The van der Waals surface area contributed by atoms with Gasteiger partial charge in [0.05, 0.1) is 11.5 Å². The van der Waals surface area contributed by atoms with Gasteiger partial charge in [0.25, 0.3) is 5.91 Å². The third-order valence-corrected chi connectivity index (χ3v) is 4.84. The van der Waals surface area contributed by atoms with Gasteiger partial charge in [0.1, 0.15) is 11.8 Å². The van der Waals surface area contributed by atoms with E-state index in [4.69, 9.17) is 4.74 Å². The summed E-state index contributed by atoms with van der Waals surface area (Å²) in [5.74, 6) is 0.571. The van der Waals surface area contributed by atoms with Crippen molar-refractivity contribution in [3.8, 4) is 5.75 Å². The summed E-state index contributed by atoms with van der Waals surface area (Å²) in [6.45, 7) is 3.15. The van der Waals surface area contributed by atoms with Gasteiger partial charge in [0, 0.05) is 12.2 Å². The maximum atomic E-state index is 12.6. The highest BCUT2D eigenvalue weighted by Crippen LogP contribution is 2.24. The molecule has 1 fully saturated rings. The molecule has 2 aromatic rings. The van der Waals surface area contributed by atoms with E-state index in [9.17, 15) is 9.59 Å². The van der Waals surface area contributed by atoms with Crippen molar-refractivity contribution in [2.24, 2.45) is 0 Å². The van der Waals surface area contributed by atoms with Gasteiger partial charge in [-0.1, -0.05) is 6.07 Å². The van der Waals surface area contributed by atoms with Crippen molar-refractivity contribution in [3.05, 3.63) is 46.7 Å². The summed E-state index contributed by atoms with van der Waals surface area (Å²) in [6.07, 6.45) is 1.54. The van der Waals surface area contributed by atoms with Gasteiger partial charge >= 0.3 is 0 Å². The van der Waals surface area contributed by atoms with E-state index in [1.807, 2.05) is 42.6 Å². The van der Waals surface area contributed by atoms with Gasteiger partial charge in [-0.15, -0.1) is 11.3 Å². The number of thiophene rings is 1. The molecule has 1 aliphatic rings. The van der Waals surface area contributed by atoms with Gasteiger partial charge in [0.15, 0.2) is 0 Å². The van der Waals surface area contributed by atoms with E-state index < -0.39 is 6.04 Å². The average molecular weight is 344 g/mol. The molecule has 2 heterocycles. The predicted molar refractivity (Wildman–Crippen MR) is 94.6 cm³/mol. The first-order valence-corrected chi connectivity index (χ1v) is 8.95. The number of rotatable bonds is 5. The van der Waals surface area contributed by atoms with Crippen LogP contribution in [0.15, 0.2) is 41.8 Å². The highest BCUT2D eigenvalue weighted by molar-refractivity contribution is 7.12. The molecule has 0 aliphatic carbocycles. The molecule has 0 bridgehead atoms. The molecule has 1 aliphatic heterocycles. The second-order valence-electron chi connectivity index (χ2n) is 5.58. The molecule has 1 saturated heterocycles. The molecule has 1 atom stereocenters. The Morgan fingerprint density at radius 2 is 2.08 bits per heavy atom. The Hall–Kier alpha value is -2.34. The van der Waals surface area contributed by atoms with Crippen molar-refractivity contribution in [1.82, 2.24) is 4.90 Å². The molecule has 1 N–H and O–H groups in total. The largest absolute Gasteiger partial charge is 0.494 e. The molecule has 3 rings (SSSR count). The van der Waals surface area contributed by atoms with E-state index >= 15 is 0 Å². The second-order valence-corrected chi connectivity index (χ2v) is 6.53. The van der Waals surface area contributed by atoms with Crippen molar-refractivity contribution in [3.63, 3.8) is 0 Å². The number of nitrogens with one attached hydrogen (secondary N) is 1. The molecule has 126 valence electrons. The zero-order valence-electron chi connectivity index (χ0n) is 13.5. The van der Waals surface area contributed by atoms with Gasteiger partial charge in [-0.3, -0.25) is 9.59 Å². The number of hydrogen-bond donors (Lipinski definition) is 1. The summed E-state index contributed by atoms with van der Waals surface area (Å²) in [4.78, 5) is 27.5. The quantitative estimate of drug-likeness (QED) is 0.904. The van der Waals surface area contributed by atoms with Crippen LogP contribution in [-0.4, -0.2) is 35.9 Å². The molecular weight excluding hydrogens is 324 g/mol. The lowest BCUT2D eigenvalue weighted by Crippen LogP contribution is -2.42. The Labute approximate surface area is 145 Å². The molecule has 0 saturated carbocycles. The summed E-state index contributed by atoms with van der Waals surface area (Å²) < 4.78 is 5.39. The van der Waals surface area contributed by atoms with Gasteiger partial charge in [-0.05, 0) is 55.5 Å². The minimum absolute atomic E-state index is 0.0608. The highest BCUT2D eigenvalue weighted by Gasteiger charge is 2.34. The molecule has 6 heteroatoms. The number of carbonyl (C=O) groups is 2. The van der Waals surface area contributed by atoms with E-state index in [-0.39, 0.29) is 11.8 Å². The van der Waals surface area contributed by atoms with E-state index in [0.29, 0.717) is 30.1 Å². The third kappa shape index (κ3) is 3.59. The van der Waals surface area contributed by atoms with Gasteiger partial charge < -0.3 is 15.0 Å². The molecule has 0 radical (unpaired) electrons. The van der Waals surface area contributed by atoms with Crippen LogP contribution < -0.4 is 10.1 Å². The Bertz CT molecular complexity index is 698. The topological polar surface area (TPSA) is 58.6 Å². The minimum Gasteiger partial charge on any atom is -0.494 e. The number of hydrogen-bond acceptors (Lipinski definition) is 4. The summed E-state index contributed by atoms with van der Waals surface area (Å²) >= 11 is 1.40. The van der Waals surface area contributed by atoms with Crippen LogP contribution in [0.3, 0.4) is 0 Å².